The van der Waals surface area contributed by atoms with Crippen molar-refractivity contribution < 1.29 is 0 Å². The Morgan fingerprint density at radius 2 is 2.30 bits per heavy atom. The normalized spacial score (nSPS) is 12.0. The van der Waals surface area contributed by atoms with Gasteiger partial charge in [-0.3, -0.25) is 0 Å². The highest BCUT2D eigenvalue weighted by Gasteiger charge is 1.91. The monoisotopic (exact) mass is 190 g/mol. The molecular formula is C7H14S2Si. The van der Waals surface area contributed by atoms with E-state index in [1.807, 2.05) is 18.7 Å². The Labute approximate surface area is 75.9 Å². The highest BCUT2D eigenvalue weighted by Crippen LogP contribution is 2.17. The van der Waals surface area contributed by atoms with Gasteiger partial charge in [-0.25, -0.2) is 0 Å². The summed E-state index contributed by atoms with van der Waals surface area (Å²) in [6.07, 6.45) is 3.23. The van der Waals surface area contributed by atoms with Crippen molar-refractivity contribution >= 4 is 39.1 Å². The van der Waals surface area contributed by atoms with Crippen LogP contribution in [0.3, 0.4) is 0 Å². The smallest absolute Gasteiger partial charge is 0.0157 e. The lowest BCUT2D eigenvalue weighted by molar-refractivity contribution is 1.20. The molecule has 0 atom stereocenters. The second-order valence-corrected chi connectivity index (χ2v) is 5.77. The van der Waals surface area contributed by atoms with Crippen molar-refractivity contribution in [1.82, 2.24) is 0 Å². The summed E-state index contributed by atoms with van der Waals surface area (Å²) in [5, 5.41) is 1.28. The number of thioether (sulfide) groups is 1. The van der Waals surface area contributed by atoms with E-state index in [2.05, 4.69) is 13.0 Å². The molecule has 0 saturated carbocycles. The molecule has 58 valence electrons. The van der Waals surface area contributed by atoms with E-state index in [0.717, 1.165) is 11.3 Å². The summed E-state index contributed by atoms with van der Waals surface area (Å²) in [7, 11) is 1.27. The molecule has 0 fully saturated rings. The number of hydrogen-bond donors (Lipinski definition) is 0. The zero-order valence-electron chi connectivity index (χ0n) is 6.81. The van der Waals surface area contributed by atoms with Crippen molar-refractivity contribution in [2.45, 2.75) is 20.3 Å². The highest BCUT2D eigenvalue weighted by atomic mass is 32.2. The predicted octanol–water partition coefficient (Wildman–Crippen LogP) is 1.73. The summed E-state index contributed by atoms with van der Waals surface area (Å²) in [5.74, 6) is 0. The molecule has 0 N–H and O–H groups in total. The van der Waals surface area contributed by atoms with E-state index in [9.17, 15) is 0 Å². The van der Waals surface area contributed by atoms with Gasteiger partial charge in [0.1, 0.15) is 0 Å². The maximum absolute atomic E-state index is 4.97. The molecule has 0 bridgehead atoms. The van der Waals surface area contributed by atoms with Crippen molar-refractivity contribution in [3.63, 3.8) is 0 Å². The molecule has 0 unspecified atom stereocenters. The molecule has 10 heavy (non-hydrogen) atoms. The zero-order valence-corrected chi connectivity index (χ0v) is 10.4. The molecule has 0 nitrogen and oxygen atoms in total. The number of thiocarbonyl (C=S) groups is 1. The van der Waals surface area contributed by atoms with Gasteiger partial charge in [0, 0.05) is 15.1 Å². The molecule has 0 amide bonds. The molecule has 0 aromatic heterocycles. The Bertz CT molecular complexity index is 141. The maximum atomic E-state index is 4.97. The third-order valence-electron chi connectivity index (χ3n) is 1.04. The van der Waals surface area contributed by atoms with Gasteiger partial charge in [-0.15, -0.1) is 11.8 Å². The van der Waals surface area contributed by atoms with Crippen LogP contribution in [0.5, 0.6) is 0 Å². The van der Waals surface area contributed by atoms with Gasteiger partial charge in [0.25, 0.3) is 0 Å². The van der Waals surface area contributed by atoms with Gasteiger partial charge in [0.05, 0.1) is 0 Å². The molecule has 0 radical (unpaired) electrons. The lowest BCUT2D eigenvalue weighted by Gasteiger charge is -1.99. The standard InChI is InChI=1S/C7H14S2Si/c1-3-7(9-5-10)4-6(2)8/h4H,3,5H2,1-2,10H3/b7-4-. The lowest BCUT2D eigenvalue weighted by Crippen LogP contribution is -1.83. The van der Waals surface area contributed by atoms with Gasteiger partial charge in [-0.1, -0.05) is 19.1 Å². The third-order valence-corrected chi connectivity index (χ3v) is 3.09. The van der Waals surface area contributed by atoms with E-state index in [4.69, 9.17) is 12.2 Å². The molecule has 0 aromatic rings. The fourth-order valence-electron chi connectivity index (χ4n) is 0.658. The molecule has 0 aliphatic rings. The van der Waals surface area contributed by atoms with E-state index >= 15 is 0 Å². The van der Waals surface area contributed by atoms with Crippen molar-refractivity contribution in [3.8, 4) is 0 Å². The van der Waals surface area contributed by atoms with Gasteiger partial charge in [-0.2, -0.15) is 0 Å². The molecule has 3 heteroatoms. The summed E-state index contributed by atoms with van der Waals surface area (Å²) < 4.78 is 0. The third kappa shape index (κ3) is 5.20. The summed E-state index contributed by atoms with van der Waals surface area (Å²) in [6.45, 7) is 4.15. The van der Waals surface area contributed by atoms with Crippen molar-refractivity contribution in [3.05, 3.63) is 11.0 Å². The second-order valence-electron chi connectivity index (χ2n) is 2.01. The minimum Gasteiger partial charge on any atom is -0.135 e. The van der Waals surface area contributed by atoms with Crippen LogP contribution in [0, 0.1) is 0 Å². The maximum Gasteiger partial charge on any atom is 0.0157 e. The quantitative estimate of drug-likeness (QED) is 0.376. The lowest BCUT2D eigenvalue weighted by atomic mass is 10.3. The van der Waals surface area contributed by atoms with Gasteiger partial charge in [0.2, 0.25) is 0 Å². The van der Waals surface area contributed by atoms with Crippen LogP contribution in [0.1, 0.15) is 20.3 Å². The van der Waals surface area contributed by atoms with E-state index in [0.29, 0.717) is 0 Å². The summed E-state index contributed by atoms with van der Waals surface area (Å²) in [5.41, 5.74) is 0. The van der Waals surface area contributed by atoms with E-state index in [1.54, 1.807) is 0 Å². The van der Waals surface area contributed by atoms with Crippen LogP contribution in [-0.4, -0.2) is 20.5 Å². The van der Waals surface area contributed by atoms with Gasteiger partial charge < -0.3 is 0 Å². The molecular weight excluding hydrogens is 176 g/mol. The Morgan fingerprint density at radius 1 is 1.70 bits per heavy atom. The van der Waals surface area contributed by atoms with Crippen LogP contribution in [-0.2, 0) is 0 Å². The minimum atomic E-state index is 1.000. The number of rotatable bonds is 4. The topological polar surface area (TPSA) is 0 Å². The van der Waals surface area contributed by atoms with Crippen LogP contribution in [0.4, 0.5) is 0 Å². The fourth-order valence-corrected chi connectivity index (χ4v) is 2.82. The van der Waals surface area contributed by atoms with E-state index in [1.165, 1.54) is 20.5 Å². The average Bonchev–Trinajstić information content (AvgIpc) is 1.86. The number of allylic oxidation sites excluding steroid dienone is 2. The molecule has 0 saturated heterocycles. The first kappa shape index (κ1) is 10.4. The predicted molar refractivity (Wildman–Crippen MR) is 59.0 cm³/mol. The SMILES string of the molecule is CC/C(=C/C(C)=S)SC[SiH3]. The van der Waals surface area contributed by atoms with Crippen LogP contribution in [0.2, 0.25) is 0 Å². The number of hydrogen-bond acceptors (Lipinski definition) is 2. The van der Waals surface area contributed by atoms with Gasteiger partial charge in [0.15, 0.2) is 0 Å². The summed E-state index contributed by atoms with van der Waals surface area (Å²) in [6, 6.07) is 0. The first-order valence-corrected chi connectivity index (χ1v) is 6.35. The van der Waals surface area contributed by atoms with Crippen LogP contribution in [0.25, 0.3) is 0 Å². The first-order valence-electron chi connectivity index (χ1n) is 3.54. The second kappa shape index (κ2) is 6.13. The largest absolute Gasteiger partial charge is 0.135 e. The Hall–Kier alpha value is 0.397. The minimum absolute atomic E-state index is 1.000. The molecule has 0 heterocycles. The van der Waals surface area contributed by atoms with Crippen molar-refractivity contribution in [2.24, 2.45) is 0 Å². The van der Waals surface area contributed by atoms with E-state index < -0.39 is 0 Å². The average molecular weight is 190 g/mol. The van der Waals surface area contributed by atoms with Crippen LogP contribution >= 0.6 is 24.0 Å². The first-order chi connectivity index (χ1) is 4.70. The molecule has 0 spiro atoms. The molecule has 0 aliphatic carbocycles. The van der Waals surface area contributed by atoms with Crippen LogP contribution in [0.15, 0.2) is 11.0 Å². The van der Waals surface area contributed by atoms with Gasteiger partial charge in [-0.05, 0) is 29.7 Å². The molecule has 0 aliphatic heterocycles. The Balaban J connectivity index is 3.91. The zero-order chi connectivity index (χ0) is 7.98. The summed E-state index contributed by atoms with van der Waals surface area (Å²) >= 11 is 6.91. The Kier molecular flexibility index (Phi) is 6.37. The van der Waals surface area contributed by atoms with Crippen molar-refractivity contribution in [1.29, 1.82) is 0 Å². The van der Waals surface area contributed by atoms with E-state index in [-0.39, 0.29) is 0 Å². The highest BCUT2D eigenvalue weighted by molar-refractivity contribution is 8.04. The van der Waals surface area contributed by atoms with Gasteiger partial charge >= 0.3 is 0 Å². The fraction of sp³-hybridized carbons (Fsp3) is 0.571. The molecule has 0 aromatic carbocycles. The Morgan fingerprint density at radius 3 is 2.60 bits per heavy atom. The van der Waals surface area contributed by atoms with Crippen LogP contribution < -0.4 is 0 Å². The van der Waals surface area contributed by atoms with Crippen molar-refractivity contribution in [2.75, 3.05) is 5.38 Å². The molecule has 0 rings (SSSR count). The summed E-state index contributed by atoms with van der Waals surface area (Å²) in [4.78, 5) is 2.43.